The van der Waals surface area contributed by atoms with Gasteiger partial charge in [-0.1, -0.05) is 72.8 Å². The first-order valence-corrected chi connectivity index (χ1v) is 16.8. The molecule has 0 fully saturated rings. The summed E-state index contributed by atoms with van der Waals surface area (Å²) in [5, 5.41) is 22.8. The molecule has 0 aromatic heterocycles. The van der Waals surface area contributed by atoms with Crippen molar-refractivity contribution in [2.24, 2.45) is 0 Å². The Morgan fingerprint density at radius 2 is 0.782 bits per heavy atom. The van der Waals surface area contributed by atoms with Gasteiger partial charge in [-0.15, -0.1) is 0 Å². The summed E-state index contributed by atoms with van der Waals surface area (Å²) in [6.45, 7) is 0. The minimum Gasteiger partial charge on any atom is -0.289 e. The number of nitro benzene ring substituents is 2. The van der Waals surface area contributed by atoms with E-state index in [1.807, 2.05) is 24.3 Å². The number of hydrogen-bond acceptors (Lipinski definition) is 9. The molecule has 13 nitrogen and oxygen atoms in total. The van der Waals surface area contributed by atoms with Gasteiger partial charge < -0.3 is 0 Å². The molecule has 0 saturated carbocycles. The number of rotatable bonds is 6. The Balaban J connectivity index is 1.18. The van der Waals surface area contributed by atoms with E-state index in [0.717, 1.165) is 21.9 Å². The van der Waals surface area contributed by atoms with Gasteiger partial charge in [0.25, 0.3) is 35.0 Å². The zero-order chi connectivity index (χ0) is 38.3. The van der Waals surface area contributed by atoms with Crippen molar-refractivity contribution in [1.29, 1.82) is 0 Å². The standard InChI is InChI=1S/C42H22N4O9/c47-37-31-5-1-3-7-35(31)42(36-8-4-2-6-32(36)37,23-9-13-25(14-10-23)43-38(48)29-19-17-27(45(52)53)21-33(29)40(43)50)24-11-15-26(16-12-24)44-39(49)30-20-18-28(46(54)55)22-34(30)41(44)51/h1-22H. The normalized spacial score (nSPS) is 15.1. The van der Waals surface area contributed by atoms with Gasteiger partial charge in [0.15, 0.2) is 5.78 Å². The van der Waals surface area contributed by atoms with Crippen molar-refractivity contribution >= 4 is 52.2 Å². The highest BCUT2D eigenvalue weighted by Gasteiger charge is 2.47. The van der Waals surface area contributed by atoms with Gasteiger partial charge in [-0.3, -0.25) is 44.2 Å². The summed E-state index contributed by atoms with van der Waals surface area (Å²) in [6.07, 6.45) is 0. The highest BCUT2D eigenvalue weighted by Crippen LogP contribution is 2.51. The zero-order valence-electron chi connectivity index (χ0n) is 28.2. The second-order valence-corrected chi connectivity index (χ2v) is 13.1. The molecule has 0 unspecified atom stereocenters. The number of carbonyl (C=O) groups is 5. The van der Waals surface area contributed by atoms with Crippen molar-refractivity contribution in [2.45, 2.75) is 5.41 Å². The van der Waals surface area contributed by atoms with Crippen LogP contribution in [0.5, 0.6) is 0 Å². The van der Waals surface area contributed by atoms with Crippen LogP contribution in [0.25, 0.3) is 0 Å². The number of nitrogens with zero attached hydrogens (tertiary/aromatic N) is 4. The summed E-state index contributed by atoms with van der Waals surface area (Å²) < 4.78 is 0. The van der Waals surface area contributed by atoms with Crippen LogP contribution in [0.1, 0.15) is 79.6 Å². The van der Waals surface area contributed by atoms with Gasteiger partial charge in [0, 0.05) is 35.4 Å². The number of fused-ring (bicyclic) bond motifs is 4. The Hall–Kier alpha value is -7.93. The maximum Gasteiger partial charge on any atom is 0.270 e. The first-order valence-electron chi connectivity index (χ1n) is 16.8. The lowest BCUT2D eigenvalue weighted by molar-refractivity contribution is -0.385. The number of ketones is 1. The van der Waals surface area contributed by atoms with Crippen molar-refractivity contribution in [3.05, 3.63) is 209 Å². The third kappa shape index (κ3) is 4.56. The van der Waals surface area contributed by atoms with E-state index >= 15 is 0 Å². The van der Waals surface area contributed by atoms with Crippen LogP contribution < -0.4 is 9.80 Å². The molecule has 9 rings (SSSR count). The van der Waals surface area contributed by atoms with Gasteiger partial charge in [-0.2, -0.15) is 0 Å². The van der Waals surface area contributed by atoms with Gasteiger partial charge in [0.2, 0.25) is 0 Å². The molecule has 3 aliphatic rings. The lowest BCUT2D eigenvalue weighted by Crippen LogP contribution is -2.38. The first-order chi connectivity index (χ1) is 26.5. The number of benzene rings is 6. The van der Waals surface area contributed by atoms with E-state index in [4.69, 9.17) is 0 Å². The van der Waals surface area contributed by atoms with Crippen LogP contribution in [0.3, 0.4) is 0 Å². The van der Waals surface area contributed by atoms with Gasteiger partial charge >= 0.3 is 0 Å². The SMILES string of the molecule is O=C1c2ccccc2C(c2ccc(N3C(=O)c4ccc([N+](=O)[O-])cc4C3=O)cc2)(c2ccc(N3C(=O)c4ccc([N+](=O)[O-])cc4C3=O)cc2)c2ccccc21. The van der Waals surface area contributed by atoms with Crippen LogP contribution in [0.15, 0.2) is 133 Å². The predicted octanol–water partition coefficient (Wildman–Crippen LogP) is 7.03. The topological polar surface area (TPSA) is 178 Å². The largest absolute Gasteiger partial charge is 0.289 e. The lowest BCUT2D eigenvalue weighted by atomic mass is 9.59. The summed E-state index contributed by atoms with van der Waals surface area (Å²) in [4.78, 5) is 91.2. The molecular weight excluding hydrogens is 704 g/mol. The molecule has 0 atom stereocenters. The zero-order valence-corrected chi connectivity index (χ0v) is 28.2. The molecule has 55 heavy (non-hydrogen) atoms. The van der Waals surface area contributed by atoms with Crippen LogP contribution in [0.4, 0.5) is 22.7 Å². The Kier molecular flexibility index (Phi) is 7.07. The quantitative estimate of drug-likeness (QED) is 0.0988. The molecule has 0 radical (unpaired) electrons. The molecule has 6 aromatic carbocycles. The smallest absolute Gasteiger partial charge is 0.270 e. The number of imide groups is 2. The molecule has 2 heterocycles. The molecule has 0 saturated heterocycles. The summed E-state index contributed by atoms with van der Waals surface area (Å²) >= 11 is 0. The average molecular weight is 727 g/mol. The van der Waals surface area contributed by atoms with Crippen LogP contribution in [-0.2, 0) is 5.41 Å². The summed E-state index contributed by atoms with van der Waals surface area (Å²) in [7, 11) is 0. The average Bonchev–Trinajstić information content (AvgIpc) is 3.61. The molecule has 0 spiro atoms. The van der Waals surface area contributed by atoms with Crippen molar-refractivity contribution < 1.29 is 33.8 Å². The number of nitro groups is 2. The second kappa shape index (κ2) is 11.8. The van der Waals surface area contributed by atoms with E-state index in [9.17, 15) is 44.2 Å². The number of anilines is 2. The molecule has 2 aliphatic heterocycles. The van der Waals surface area contributed by atoms with Crippen molar-refractivity contribution in [1.82, 2.24) is 0 Å². The minimum atomic E-state index is -1.18. The highest BCUT2D eigenvalue weighted by atomic mass is 16.6. The number of hydrogen-bond donors (Lipinski definition) is 0. The van der Waals surface area contributed by atoms with Crippen LogP contribution in [0, 0.1) is 20.2 Å². The molecule has 13 heteroatoms. The third-order valence-electron chi connectivity index (χ3n) is 10.4. The van der Waals surface area contributed by atoms with Crippen LogP contribution in [0.2, 0.25) is 0 Å². The maximum atomic E-state index is 14.0. The molecule has 1 aliphatic carbocycles. The third-order valence-corrected chi connectivity index (χ3v) is 10.4. The highest BCUT2D eigenvalue weighted by molar-refractivity contribution is 6.35. The minimum absolute atomic E-state index is 0.0427. The van der Waals surface area contributed by atoms with E-state index in [1.54, 1.807) is 72.8 Å². The fraction of sp³-hybridized carbons (Fsp3) is 0.0238. The van der Waals surface area contributed by atoms with Gasteiger partial charge in [-0.05, 0) is 58.7 Å². The summed E-state index contributed by atoms with van der Waals surface area (Å²) in [6, 6.07) is 34.7. The van der Waals surface area contributed by atoms with Crippen molar-refractivity contribution in [3.8, 4) is 0 Å². The molecule has 6 aromatic rings. The summed E-state index contributed by atoms with van der Waals surface area (Å²) in [5.41, 5.74) is 2.03. The maximum absolute atomic E-state index is 14.0. The van der Waals surface area contributed by atoms with Crippen molar-refractivity contribution in [3.63, 3.8) is 0 Å². The Morgan fingerprint density at radius 3 is 1.16 bits per heavy atom. The molecule has 0 N–H and O–H groups in total. The Labute approximate surface area is 310 Å². The second-order valence-electron chi connectivity index (χ2n) is 13.1. The molecular formula is C42H22N4O9. The van der Waals surface area contributed by atoms with Gasteiger partial charge in [-0.25, -0.2) is 9.80 Å². The fourth-order valence-corrected chi connectivity index (χ4v) is 7.97. The van der Waals surface area contributed by atoms with E-state index in [-0.39, 0.29) is 50.8 Å². The first kappa shape index (κ1) is 32.9. The van der Waals surface area contributed by atoms with Gasteiger partial charge in [0.05, 0.1) is 48.9 Å². The lowest BCUT2D eigenvalue weighted by Gasteiger charge is -2.41. The van der Waals surface area contributed by atoms with Crippen LogP contribution in [-0.4, -0.2) is 39.3 Å². The van der Waals surface area contributed by atoms with E-state index in [1.165, 1.54) is 24.3 Å². The van der Waals surface area contributed by atoms with Gasteiger partial charge in [0.1, 0.15) is 0 Å². The summed E-state index contributed by atoms with van der Waals surface area (Å²) in [5.74, 6) is -2.86. The predicted molar refractivity (Wildman–Crippen MR) is 197 cm³/mol. The number of amides is 4. The van der Waals surface area contributed by atoms with E-state index in [0.29, 0.717) is 33.4 Å². The fourth-order valence-electron chi connectivity index (χ4n) is 7.97. The number of non-ortho nitro benzene ring substituents is 2. The molecule has 4 amide bonds. The van der Waals surface area contributed by atoms with Crippen molar-refractivity contribution in [2.75, 3.05) is 9.80 Å². The Morgan fingerprint density at radius 1 is 0.418 bits per heavy atom. The van der Waals surface area contributed by atoms with E-state index < -0.39 is 38.9 Å². The van der Waals surface area contributed by atoms with E-state index in [2.05, 4.69) is 0 Å². The van der Waals surface area contributed by atoms with Crippen LogP contribution >= 0.6 is 0 Å². The number of carbonyl (C=O) groups excluding carboxylic acids is 5. The molecule has 264 valence electrons. The molecule has 0 bridgehead atoms. The monoisotopic (exact) mass is 726 g/mol. The Bertz CT molecular complexity index is 2590.